The van der Waals surface area contributed by atoms with Gasteiger partial charge < -0.3 is 4.74 Å². The second-order valence-electron chi connectivity index (χ2n) is 4.33. The van der Waals surface area contributed by atoms with Crippen LogP contribution in [0.3, 0.4) is 0 Å². The topological polar surface area (TPSA) is 76.2 Å². The van der Waals surface area contributed by atoms with Gasteiger partial charge in [0.25, 0.3) is 0 Å². The largest absolute Gasteiger partial charge is 0.482 e. The van der Waals surface area contributed by atoms with Gasteiger partial charge in [-0.25, -0.2) is 0 Å². The van der Waals surface area contributed by atoms with E-state index in [0.717, 1.165) is 11.1 Å². The van der Waals surface area contributed by atoms with Crippen molar-refractivity contribution in [3.05, 3.63) is 69.3 Å². The van der Waals surface area contributed by atoms with Crippen LogP contribution >= 0.6 is 0 Å². The highest BCUT2D eigenvalue weighted by Gasteiger charge is 2.16. The molecule has 0 unspecified atom stereocenters. The monoisotopic (exact) mass is 268 g/mol. The van der Waals surface area contributed by atoms with Gasteiger partial charge in [0, 0.05) is 6.07 Å². The molecule has 0 saturated heterocycles. The minimum atomic E-state index is -0.550. The molecule has 2 aromatic carbocycles. The molecule has 100 valence electrons. The fourth-order valence-electron chi connectivity index (χ4n) is 1.70. The standard InChI is InChI=1S/C15H12N2O3/c1-11-2-4-12(5-3-11)10-20-15-7-6-13(9-16)8-14(15)17(18)19/h2-8H,10H2,1H3. The van der Waals surface area contributed by atoms with Crippen molar-refractivity contribution in [2.45, 2.75) is 13.5 Å². The van der Waals surface area contributed by atoms with Crippen LogP contribution < -0.4 is 4.74 Å². The number of benzene rings is 2. The Hall–Kier alpha value is -2.87. The summed E-state index contributed by atoms with van der Waals surface area (Å²) in [4.78, 5) is 10.4. The normalized spacial score (nSPS) is 9.80. The van der Waals surface area contributed by atoms with E-state index in [1.54, 1.807) is 0 Å². The highest BCUT2D eigenvalue weighted by Crippen LogP contribution is 2.28. The molecule has 2 aromatic rings. The van der Waals surface area contributed by atoms with E-state index in [1.165, 1.54) is 18.2 Å². The zero-order chi connectivity index (χ0) is 14.5. The number of hydrogen-bond acceptors (Lipinski definition) is 4. The summed E-state index contributed by atoms with van der Waals surface area (Å²) in [6.45, 7) is 2.23. The first-order chi connectivity index (χ1) is 9.60. The number of hydrogen-bond donors (Lipinski definition) is 0. The van der Waals surface area contributed by atoms with Gasteiger partial charge in [-0.15, -0.1) is 0 Å². The van der Waals surface area contributed by atoms with Crippen LogP contribution in [0.15, 0.2) is 42.5 Å². The lowest BCUT2D eigenvalue weighted by atomic mass is 10.1. The van der Waals surface area contributed by atoms with Crippen molar-refractivity contribution in [2.24, 2.45) is 0 Å². The van der Waals surface area contributed by atoms with Crippen molar-refractivity contribution in [1.29, 1.82) is 5.26 Å². The third kappa shape index (κ3) is 3.12. The van der Waals surface area contributed by atoms with Gasteiger partial charge in [-0.3, -0.25) is 10.1 Å². The molecule has 5 heteroatoms. The second-order valence-corrected chi connectivity index (χ2v) is 4.33. The molecule has 0 aromatic heterocycles. The van der Waals surface area contributed by atoms with Crippen LogP contribution in [0.25, 0.3) is 0 Å². The molecule has 0 spiro atoms. The lowest BCUT2D eigenvalue weighted by Crippen LogP contribution is -1.99. The maximum Gasteiger partial charge on any atom is 0.312 e. The van der Waals surface area contributed by atoms with Gasteiger partial charge in [0.2, 0.25) is 0 Å². The number of nitriles is 1. The van der Waals surface area contributed by atoms with Crippen LogP contribution in [0.4, 0.5) is 5.69 Å². The Morgan fingerprint density at radius 2 is 1.95 bits per heavy atom. The van der Waals surface area contributed by atoms with Crippen LogP contribution in [0.5, 0.6) is 5.75 Å². The Kier molecular flexibility index (Phi) is 3.96. The first-order valence-corrected chi connectivity index (χ1v) is 5.97. The van der Waals surface area contributed by atoms with E-state index in [1.807, 2.05) is 37.3 Å². The number of rotatable bonds is 4. The summed E-state index contributed by atoms with van der Waals surface area (Å²) in [7, 11) is 0. The minimum absolute atomic E-state index is 0.162. The zero-order valence-electron chi connectivity index (χ0n) is 10.9. The van der Waals surface area contributed by atoms with Gasteiger partial charge in [0.05, 0.1) is 16.6 Å². The Morgan fingerprint density at radius 1 is 1.25 bits per heavy atom. The summed E-state index contributed by atoms with van der Waals surface area (Å²) in [5.74, 6) is 0.162. The van der Waals surface area contributed by atoms with Crippen LogP contribution in [0.2, 0.25) is 0 Å². The fourth-order valence-corrected chi connectivity index (χ4v) is 1.70. The summed E-state index contributed by atoms with van der Waals surface area (Å²) in [5.41, 5.74) is 2.10. The highest BCUT2D eigenvalue weighted by atomic mass is 16.6. The van der Waals surface area contributed by atoms with E-state index in [2.05, 4.69) is 0 Å². The molecule has 0 aliphatic carbocycles. The lowest BCUT2D eigenvalue weighted by Gasteiger charge is -2.07. The first-order valence-electron chi connectivity index (χ1n) is 5.97. The number of nitrogens with zero attached hydrogens (tertiary/aromatic N) is 2. The molecular formula is C15H12N2O3. The summed E-state index contributed by atoms with van der Waals surface area (Å²) in [6.07, 6.45) is 0. The Bertz CT molecular complexity index is 673. The number of aryl methyl sites for hydroxylation is 1. The molecule has 0 heterocycles. The molecule has 0 amide bonds. The lowest BCUT2D eigenvalue weighted by molar-refractivity contribution is -0.386. The van der Waals surface area contributed by atoms with Crippen LogP contribution in [-0.4, -0.2) is 4.92 Å². The molecule has 0 bridgehead atoms. The summed E-state index contributed by atoms with van der Waals surface area (Å²) in [6, 6.07) is 13.7. The van der Waals surface area contributed by atoms with Crippen LogP contribution in [-0.2, 0) is 6.61 Å². The van der Waals surface area contributed by atoms with Crippen molar-refractivity contribution in [1.82, 2.24) is 0 Å². The summed E-state index contributed by atoms with van der Waals surface area (Å²) >= 11 is 0. The molecule has 0 N–H and O–H groups in total. The van der Waals surface area contributed by atoms with Gasteiger partial charge in [-0.2, -0.15) is 5.26 Å². The quantitative estimate of drug-likeness (QED) is 0.629. The maximum absolute atomic E-state index is 11.0. The smallest absolute Gasteiger partial charge is 0.312 e. The zero-order valence-corrected chi connectivity index (χ0v) is 10.9. The van der Waals surface area contributed by atoms with E-state index in [4.69, 9.17) is 10.00 Å². The third-order valence-corrected chi connectivity index (χ3v) is 2.80. The van der Waals surface area contributed by atoms with E-state index in [-0.39, 0.29) is 23.6 Å². The van der Waals surface area contributed by atoms with Crippen molar-refractivity contribution >= 4 is 5.69 Å². The van der Waals surface area contributed by atoms with Gasteiger partial charge in [-0.05, 0) is 24.6 Å². The Balaban J connectivity index is 2.19. The predicted molar refractivity (Wildman–Crippen MR) is 73.3 cm³/mol. The first kappa shape index (κ1) is 13.6. The predicted octanol–water partition coefficient (Wildman–Crippen LogP) is 3.35. The molecule has 0 saturated carbocycles. The molecule has 2 rings (SSSR count). The minimum Gasteiger partial charge on any atom is -0.482 e. The fraction of sp³-hybridized carbons (Fsp3) is 0.133. The highest BCUT2D eigenvalue weighted by molar-refractivity contribution is 5.51. The number of nitro benzene ring substituents is 1. The molecule has 5 nitrogen and oxygen atoms in total. The molecule has 0 radical (unpaired) electrons. The number of nitro groups is 1. The van der Waals surface area contributed by atoms with Crippen LogP contribution in [0.1, 0.15) is 16.7 Å². The SMILES string of the molecule is Cc1ccc(COc2ccc(C#N)cc2[N+](=O)[O-])cc1. The van der Waals surface area contributed by atoms with Gasteiger partial charge in [0.15, 0.2) is 5.75 Å². The maximum atomic E-state index is 11.0. The third-order valence-electron chi connectivity index (χ3n) is 2.80. The Morgan fingerprint density at radius 3 is 2.55 bits per heavy atom. The van der Waals surface area contributed by atoms with Gasteiger partial charge in [0.1, 0.15) is 6.61 Å². The molecular weight excluding hydrogens is 256 g/mol. The molecule has 0 atom stereocenters. The summed E-state index contributed by atoms with van der Waals surface area (Å²) in [5, 5.41) is 19.7. The van der Waals surface area contributed by atoms with E-state index in [0.29, 0.717) is 0 Å². The van der Waals surface area contributed by atoms with Gasteiger partial charge >= 0.3 is 5.69 Å². The van der Waals surface area contributed by atoms with Crippen molar-refractivity contribution in [2.75, 3.05) is 0 Å². The van der Waals surface area contributed by atoms with Gasteiger partial charge in [-0.1, -0.05) is 29.8 Å². The van der Waals surface area contributed by atoms with E-state index in [9.17, 15) is 10.1 Å². The Labute approximate surface area is 116 Å². The van der Waals surface area contributed by atoms with Crippen molar-refractivity contribution < 1.29 is 9.66 Å². The van der Waals surface area contributed by atoms with E-state index >= 15 is 0 Å². The number of ether oxygens (including phenoxy) is 1. The summed E-state index contributed by atoms with van der Waals surface area (Å²) < 4.78 is 5.47. The molecule has 0 aliphatic heterocycles. The second kappa shape index (κ2) is 5.85. The van der Waals surface area contributed by atoms with Crippen LogP contribution in [0, 0.1) is 28.4 Å². The van der Waals surface area contributed by atoms with E-state index < -0.39 is 4.92 Å². The average Bonchev–Trinajstić information content (AvgIpc) is 2.46. The van der Waals surface area contributed by atoms with Crippen molar-refractivity contribution in [3.63, 3.8) is 0 Å². The molecule has 0 aliphatic rings. The average molecular weight is 268 g/mol. The molecule has 20 heavy (non-hydrogen) atoms. The van der Waals surface area contributed by atoms with Crippen molar-refractivity contribution in [3.8, 4) is 11.8 Å². The molecule has 0 fully saturated rings.